The summed E-state index contributed by atoms with van der Waals surface area (Å²) >= 11 is 0. The molecule has 0 radical (unpaired) electrons. The topological polar surface area (TPSA) is 39.1 Å². The van der Waals surface area contributed by atoms with Crippen molar-refractivity contribution in [2.75, 3.05) is 19.8 Å². The van der Waals surface area contributed by atoms with Gasteiger partial charge in [0, 0.05) is 37.4 Å². The molecule has 0 bridgehead atoms. The fraction of sp³-hybridized carbons (Fsp3) is 0.750. The molecule has 0 aromatic carbocycles. The van der Waals surface area contributed by atoms with Crippen molar-refractivity contribution >= 4 is 0 Å². The average Bonchev–Trinajstić information content (AvgIpc) is 2.91. The summed E-state index contributed by atoms with van der Waals surface area (Å²) in [6.45, 7) is 5.01. The van der Waals surface area contributed by atoms with Crippen LogP contribution in [0.5, 0.6) is 0 Å². The molecule has 0 spiro atoms. The third-order valence-electron chi connectivity index (χ3n) is 3.13. The summed E-state index contributed by atoms with van der Waals surface area (Å²) in [6, 6.07) is 0.399. The molecule has 0 saturated carbocycles. The highest BCUT2D eigenvalue weighted by atomic mass is 16.5. The first-order valence-corrected chi connectivity index (χ1v) is 6.11. The number of hydrogen-bond donors (Lipinski definition) is 1. The van der Waals surface area contributed by atoms with Gasteiger partial charge in [0.05, 0.1) is 12.8 Å². The van der Waals surface area contributed by atoms with Gasteiger partial charge in [-0.15, -0.1) is 0 Å². The predicted octanol–water partition coefficient (Wildman–Crippen LogP) is 1.50. The van der Waals surface area contributed by atoms with Crippen molar-refractivity contribution in [1.29, 1.82) is 0 Å². The van der Waals surface area contributed by atoms with Crippen LogP contribution in [0.1, 0.15) is 31.4 Å². The zero-order chi connectivity index (χ0) is 11.4. The molecule has 4 heteroatoms. The monoisotopic (exact) mass is 223 g/mol. The van der Waals surface area contributed by atoms with Crippen molar-refractivity contribution in [1.82, 2.24) is 15.1 Å². The Hall–Kier alpha value is -0.870. The van der Waals surface area contributed by atoms with Crippen LogP contribution in [-0.2, 0) is 11.8 Å². The fourth-order valence-corrected chi connectivity index (χ4v) is 2.27. The van der Waals surface area contributed by atoms with Gasteiger partial charge in [-0.3, -0.25) is 4.68 Å². The molecule has 2 unspecified atom stereocenters. The highest BCUT2D eigenvalue weighted by Gasteiger charge is 2.27. The van der Waals surface area contributed by atoms with E-state index in [9.17, 15) is 0 Å². The molecule has 90 valence electrons. The highest BCUT2D eigenvalue weighted by molar-refractivity contribution is 5.12. The van der Waals surface area contributed by atoms with Gasteiger partial charge < -0.3 is 10.1 Å². The van der Waals surface area contributed by atoms with Crippen LogP contribution in [0.2, 0.25) is 0 Å². The predicted molar refractivity (Wildman–Crippen MR) is 63.2 cm³/mol. The summed E-state index contributed by atoms with van der Waals surface area (Å²) in [4.78, 5) is 0. The molecular formula is C12H21N3O. The SMILES string of the molecule is CCCNC(c1cnn(C)c1)C1CCOC1. The lowest BCUT2D eigenvalue weighted by molar-refractivity contribution is 0.176. The second-order valence-corrected chi connectivity index (χ2v) is 4.50. The van der Waals surface area contributed by atoms with Gasteiger partial charge in [0.15, 0.2) is 0 Å². The maximum absolute atomic E-state index is 5.48. The average molecular weight is 223 g/mol. The van der Waals surface area contributed by atoms with E-state index in [0.717, 1.165) is 32.6 Å². The molecule has 16 heavy (non-hydrogen) atoms. The van der Waals surface area contributed by atoms with E-state index in [-0.39, 0.29) is 0 Å². The van der Waals surface area contributed by atoms with Crippen molar-refractivity contribution in [3.05, 3.63) is 18.0 Å². The molecular weight excluding hydrogens is 202 g/mol. The van der Waals surface area contributed by atoms with Crippen LogP contribution in [0.25, 0.3) is 0 Å². The van der Waals surface area contributed by atoms with Crippen LogP contribution in [0.3, 0.4) is 0 Å². The summed E-state index contributed by atoms with van der Waals surface area (Å²) in [5.41, 5.74) is 1.28. The molecule has 2 atom stereocenters. The Morgan fingerprint density at radius 3 is 3.12 bits per heavy atom. The van der Waals surface area contributed by atoms with Crippen molar-refractivity contribution in [3.8, 4) is 0 Å². The molecule has 1 N–H and O–H groups in total. The van der Waals surface area contributed by atoms with Crippen molar-refractivity contribution in [2.45, 2.75) is 25.8 Å². The second kappa shape index (κ2) is 5.46. The molecule has 2 rings (SSSR count). The van der Waals surface area contributed by atoms with Gasteiger partial charge in [0.1, 0.15) is 0 Å². The maximum Gasteiger partial charge on any atom is 0.0537 e. The highest BCUT2D eigenvalue weighted by Crippen LogP contribution is 2.28. The third-order valence-corrected chi connectivity index (χ3v) is 3.13. The van der Waals surface area contributed by atoms with Crippen LogP contribution in [0, 0.1) is 5.92 Å². The molecule has 0 aliphatic carbocycles. The molecule has 1 saturated heterocycles. The summed E-state index contributed by atoms with van der Waals surface area (Å²) in [6.07, 6.45) is 6.37. The first kappa shape index (κ1) is 11.6. The molecule has 1 fully saturated rings. The van der Waals surface area contributed by atoms with Gasteiger partial charge in [-0.1, -0.05) is 6.92 Å². The van der Waals surface area contributed by atoms with Gasteiger partial charge >= 0.3 is 0 Å². The summed E-state index contributed by atoms with van der Waals surface area (Å²) in [7, 11) is 1.96. The Balaban J connectivity index is 2.06. The standard InChI is InChI=1S/C12H21N3O/c1-3-5-13-12(10-4-6-16-9-10)11-7-14-15(2)8-11/h7-8,10,12-13H,3-6,9H2,1-2H3. The van der Waals surface area contributed by atoms with E-state index in [2.05, 4.69) is 23.5 Å². The lowest BCUT2D eigenvalue weighted by atomic mass is 9.94. The van der Waals surface area contributed by atoms with Crippen LogP contribution >= 0.6 is 0 Å². The van der Waals surface area contributed by atoms with Crippen molar-refractivity contribution < 1.29 is 4.74 Å². The maximum atomic E-state index is 5.48. The minimum absolute atomic E-state index is 0.399. The van der Waals surface area contributed by atoms with Gasteiger partial charge in [-0.25, -0.2) is 0 Å². The van der Waals surface area contributed by atoms with Crippen LogP contribution in [-0.4, -0.2) is 29.5 Å². The van der Waals surface area contributed by atoms with Crippen molar-refractivity contribution in [2.24, 2.45) is 13.0 Å². The Morgan fingerprint density at radius 2 is 2.56 bits per heavy atom. The van der Waals surface area contributed by atoms with E-state index in [1.54, 1.807) is 0 Å². The second-order valence-electron chi connectivity index (χ2n) is 4.50. The number of hydrogen-bond acceptors (Lipinski definition) is 3. The van der Waals surface area contributed by atoms with E-state index >= 15 is 0 Å². The fourth-order valence-electron chi connectivity index (χ4n) is 2.27. The number of nitrogens with one attached hydrogen (secondary N) is 1. The summed E-state index contributed by atoms with van der Waals surface area (Å²) < 4.78 is 7.35. The lowest BCUT2D eigenvalue weighted by Gasteiger charge is -2.22. The summed E-state index contributed by atoms with van der Waals surface area (Å²) in [5.74, 6) is 0.593. The first-order chi connectivity index (χ1) is 7.81. The molecule has 1 aromatic heterocycles. The first-order valence-electron chi connectivity index (χ1n) is 6.11. The number of ether oxygens (including phenoxy) is 1. The molecule has 2 heterocycles. The lowest BCUT2D eigenvalue weighted by Crippen LogP contribution is -2.29. The third kappa shape index (κ3) is 2.62. The smallest absolute Gasteiger partial charge is 0.0537 e. The summed E-state index contributed by atoms with van der Waals surface area (Å²) in [5, 5.41) is 7.86. The Labute approximate surface area is 97.0 Å². The van der Waals surface area contributed by atoms with Gasteiger partial charge in [0.25, 0.3) is 0 Å². The van der Waals surface area contributed by atoms with Gasteiger partial charge in [-0.05, 0) is 19.4 Å². The van der Waals surface area contributed by atoms with Crippen LogP contribution in [0.15, 0.2) is 12.4 Å². The molecule has 1 aliphatic heterocycles. The van der Waals surface area contributed by atoms with Gasteiger partial charge in [0.2, 0.25) is 0 Å². The van der Waals surface area contributed by atoms with Crippen LogP contribution < -0.4 is 5.32 Å². The number of nitrogens with zero attached hydrogens (tertiary/aromatic N) is 2. The van der Waals surface area contributed by atoms with E-state index in [0.29, 0.717) is 12.0 Å². The Kier molecular flexibility index (Phi) is 3.96. The molecule has 1 aliphatic rings. The zero-order valence-corrected chi connectivity index (χ0v) is 10.1. The minimum Gasteiger partial charge on any atom is -0.381 e. The molecule has 4 nitrogen and oxygen atoms in total. The molecule has 1 aromatic rings. The van der Waals surface area contributed by atoms with Gasteiger partial charge in [-0.2, -0.15) is 5.10 Å². The van der Waals surface area contributed by atoms with E-state index in [1.807, 2.05) is 17.9 Å². The number of aryl methyl sites for hydroxylation is 1. The van der Waals surface area contributed by atoms with E-state index < -0.39 is 0 Å². The van der Waals surface area contributed by atoms with Crippen molar-refractivity contribution in [3.63, 3.8) is 0 Å². The van der Waals surface area contributed by atoms with E-state index in [1.165, 1.54) is 5.56 Å². The quantitative estimate of drug-likeness (QED) is 0.822. The number of aromatic nitrogens is 2. The normalized spacial score (nSPS) is 22.5. The van der Waals surface area contributed by atoms with E-state index in [4.69, 9.17) is 4.74 Å². The van der Waals surface area contributed by atoms with Crippen LogP contribution in [0.4, 0.5) is 0 Å². The zero-order valence-electron chi connectivity index (χ0n) is 10.1. The number of rotatable bonds is 5. The largest absolute Gasteiger partial charge is 0.381 e. The Bertz CT molecular complexity index is 318. The minimum atomic E-state index is 0.399. The Morgan fingerprint density at radius 1 is 1.69 bits per heavy atom. The molecule has 0 amide bonds.